The molecule has 0 aliphatic rings. The topological polar surface area (TPSA) is 75.7 Å². The lowest BCUT2D eigenvalue weighted by Gasteiger charge is -2.15. The largest absolute Gasteiger partial charge is 0.495 e. The van der Waals surface area contributed by atoms with Crippen molar-refractivity contribution in [2.24, 2.45) is 0 Å². The van der Waals surface area contributed by atoms with Crippen molar-refractivity contribution in [2.75, 3.05) is 27.7 Å². The Morgan fingerprint density at radius 2 is 1.91 bits per heavy atom. The summed E-state index contributed by atoms with van der Waals surface area (Å²) in [5.74, 6) is -1.05. The minimum absolute atomic E-state index is 0.0129. The van der Waals surface area contributed by atoms with Gasteiger partial charge in [0.2, 0.25) is 10.0 Å². The Hall–Kier alpha value is -1.81. The number of hydrogen-bond donors (Lipinski definition) is 1. The average Bonchev–Trinajstić information content (AvgIpc) is 2.43. The number of halogens is 3. The molecule has 0 aliphatic heterocycles. The van der Waals surface area contributed by atoms with Crippen LogP contribution in [0.4, 0.5) is 13.2 Å². The van der Waals surface area contributed by atoms with E-state index in [0.717, 1.165) is 10.4 Å². The number of nitrogens with zero attached hydrogens (tertiary/aromatic N) is 1. The number of carbonyl (C=O) groups excluding carboxylic acids is 1. The van der Waals surface area contributed by atoms with Crippen molar-refractivity contribution in [1.29, 1.82) is 0 Å². The van der Waals surface area contributed by atoms with Crippen molar-refractivity contribution >= 4 is 15.9 Å². The third-order valence-electron chi connectivity index (χ3n) is 2.63. The van der Waals surface area contributed by atoms with Crippen LogP contribution in [-0.2, 0) is 10.0 Å². The van der Waals surface area contributed by atoms with Gasteiger partial charge in [-0.2, -0.15) is 13.2 Å². The van der Waals surface area contributed by atoms with E-state index < -0.39 is 28.7 Å². The zero-order chi connectivity index (χ0) is 17.1. The van der Waals surface area contributed by atoms with Crippen molar-refractivity contribution in [2.45, 2.75) is 11.1 Å². The number of amides is 1. The van der Waals surface area contributed by atoms with Gasteiger partial charge >= 0.3 is 6.18 Å². The number of ether oxygens (including phenoxy) is 1. The van der Waals surface area contributed by atoms with Crippen molar-refractivity contribution in [1.82, 2.24) is 9.62 Å². The van der Waals surface area contributed by atoms with Gasteiger partial charge in [-0.1, -0.05) is 0 Å². The Kier molecular flexibility index (Phi) is 5.41. The highest BCUT2D eigenvalue weighted by atomic mass is 32.2. The van der Waals surface area contributed by atoms with Gasteiger partial charge in [0.15, 0.2) is 0 Å². The molecule has 0 unspecified atom stereocenters. The normalized spacial score (nSPS) is 12.3. The SMILES string of the molecule is COc1ccc(C(=O)NCC(F)(F)F)cc1S(=O)(=O)N(C)C. The third kappa shape index (κ3) is 4.34. The van der Waals surface area contributed by atoms with Crippen molar-refractivity contribution in [3.05, 3.63) is 23.8 Å². The smallest absolute Gasteiger partial charge is 0.405 e. The van der Waals surface area contributed by atoms with Crippen LogP contribution in [0.25, 0.3) is 0 Å². The highest BCUT2D eigenvalue weighted by Gasteiger charge is 2.29. The molecule has 1 rings (SSSR count). The molecule has 124 valence electrons. The van der Waals surface area contributed by atoms with E-state index in [4.69, 9.17) is 4.74 Å². The van der Waals surface area contributed by atoms with E-state index >= 15 is 0 Å². The first-order valence-corrected chi connectivity index (χ1v) is 7.38. The zero-order valence-electron chi connectivity index (χ0n) is 12.1. The molecule has 1 N–H and O–H groups in total. The summed E-state index contributed by atoms with van der Waals surface area (Å²) in [6.45, 7) is -1.51. The lowest BCUT2D eigenvalue weighted by molar-refractivity contribution is -0.123. The second-order valence-corrected chi connectivity index (χ2v) is 6.57. The molecule has 22 heavy (non-hydrogen) atoms. The Morgan fingerprint density at radius 1 is 1.32 bits per heavy atom. The van der Waals surface area contributed by atoms with Gasteiger partial charge in [-0.15, -0.1) is 0 Å². The van der Waals surface area contributed by atoms with E-state index in [0.29, 0.717) is 0 Å². The summed E-state index contributed by atoms with van der Waals surface area (Å²) in [5.41, 5.74) is -0.217. The first-order chi connectivity index (χ1) is 9.99. The Morgan fingerprint density at radius 3 is 2.36 bits per heavy atom. The standard InChI is InChI=1S/C12H15F3N2O4S/c1-17(2)22(19,20)10-6-8(4-5-9(10)21-3)11(18)16-7-12(13,14)15/h4-6H,7H2,1-3H3,(H,16,18). The van der Waals surface area contributed by atoms with Crippen LogP contribution in [0, 0.1) is 0 Å². The highest BCUT2D eigenvalue weighted by molar-refractivity contribution is 7.89. The second-order valence-electron chi connectivity index (χ2n) is 4.45. The third-order valence-corrected chi connectivity index (χ3v) is 4.47. The number of methoxy groups -OCH3 is 1. The van der Waals surface area contributed by atoms with Crippen molar-refractivity contribution in [3.63, 3.8) is 0 Å². The van der Waals surface area contributed by atoms with E-state index in [1.54, 1.807) is 5.32 Å². The van der Waals surface area contributed by atoms with E-state index in [1.165, 1.54) is 33.3 Å². The summed E-state index contributed by atoms with van der Waals surface area (Å²) >= 11 is 0. The van der Waals surface area contributed by atoms with Crippen LogP contribution in [0.3, 0.4) is 0 Å². The quantitative estimate of drug-likeness (QED) is 0.875. The summed E-state index contributed by atoms with van der Waals surface area (Å²) in [5, 5.41) is 1.67. The van der Waals surface area contributed by atoms with E-state index in [1.807, 2.05) is 0 Å². The van der Waals surface area contributed by atoms with E-state index in [-0.39, 0.29) is 16.2 Å². The van der Waals surface area contributed by atoms with Crippen LogP contribution in [0.1, 0.15) is 10.4 Å². The monoisotopic (exact) mass is 340 g/mol. The van der Waals surface area contributed by atoms with Gasteiger partial charge in [0, 0.05) is 19.7 Å². The molecule has 0 spiro atoms. The van der Waals surface area contributed by atoms with Crippen LogP contribution in [-0.4, -0.2) is 52.6 Å². The lowest BCUT2D eigenvalue weighted by atomic mass is 10.2. The van der Waals surface area contributed by atoms with Crippen LogP contribution in [0.2, 0.25) is 0 Å². The average molecular weight is 340 g/mol. The molecule has 6 nitrogen and oxygen atoms in total. The molecule has 0 heterocycles. The molecular formula is C12H15F3N2O4S. The second kappa shape index (κ2) is 6.53. The van der Waals surface area contributed by atoms with Crippen LogP contribution >= 0.6 is 0 Å². The molecular weight excluding hydrogens is 325 g/mol. The fourth-order valence-electron chi connectivity index (χ4n) is 1.50. The van der Waals surface area contributed by atoms with Gasteiger partial charge in [0.1, 0.15) is 17.2 Å². The molecule has 0 radical (unpaired) electrons. The lowest BCUT2D eigenvalue weighted by Crippen LogP contribution is -2.33. The molecule has 1 amide bonds. The molecule has 0 saturated heterocycles. The number of benzene rings is 1. The summed E-state index contributed by atoms with van der Waals surface area (Å²) in [7, 11) is -0.104. The summed E-state index contributed by atoms with van der Waals surface area (Å²) in [4.78, 5) is 11.4. The molecule has 0 fully saturated rings. The summed E-state index contributed by atoms with van der Waals surface area (Å²) in [6, 6.07) is 3.36. The molecule has 0 bridgehead atoms. The fourth-order valence-corrected chi connectivity index (χ4v) is 2.57. The molecule has 0 aliphatic carbocycles. The zero-order valence-corrected chi connectivity index (χ0v) is 12.9. The predicted molar refractivity (Wildman–Crippen MR) is 72.3 cm³/mol. The van der Waals surface area contributed by atoms with Gasteiger partial charge in [-0.05, 0) is 18.2 Å². The minimum atomic E-state index is -4.55. The molecule has 0 aromatic heterocycles. The molecule has 1 aromatic rings. The van der Waals surface area contributed by atoms with Gasteiger partial charge in [0.25, 0.3) is 5.91 Å². The fraction of sp³-hybridized carbons (Fsp3) is 0.417. The van der Waals surface area contributed by atoms with Crippen molar-refractivity contribution < 1.29 is 31.1 Å². The molecule has 1 aromatic carbocycles. The molecule has 0 saturated carbocycles. The Balaban J connectivity index is 3.18. The molecule has 10 heteroatoms. The van der Waals surface area contributed by atoms with E-state index in [2.05, 4.69) is 0 Å². The van der Waals surface area contributed by atoms with Crippen LogP contribution in [0.15, 0.2) is 23.1 Å². The van der Waals surface area contributed by atoms with Gasteiger partial charge in [-0.25, -0.2) is 12.7 Å². The highest BCUT2D eigenvalue weighted by Crippen LogP contribution is 2.27. The number of alkyl halides is 3. The first-order valence-electron chi connectivity index (χ1n) is 5.94. The van der Waals surface area contributed by atoms with Gasteiger partial charge in [0.05, 0.1) is 7.11 Å². The van der Waals surface area contributed by atoms with E-state index in [9.17, 15) is 26.4 Å². The minimum Gasteiger partial charge on any atom is -0.495 e. The Labute approximate surface area is 125 Å². The van der Waals surface area contributed by atoms with Gasteiger partial charge < -0.3 is 10.1 Å². The van der Waals surface area contributed by atoms with Crippen LogP contribution < -0.4 is 10.1 Å². The number of nitrogens with one attached hydrogen (secondary N) is 1. The summed E-state index contributed by atoms with van der Waals surface area (Å²) < 4.78 is 66.4. The van der Waals surface area contributed by atoms with Gasteiger partial charge in [-0.3, -0.25) is 4.79 Å². The maximum atomic E-state index is 12.1. The first kappa shape index (κ1) is 18.2. The number of carbonyl (C=O) groups is 1. The van der Waals surface area contributed by atoms with Crippen LogP contribution in [0.5, 0.6) is 5.75 Å². The Bertz CT molecular complexity index is 657. The maximum absolute atomic E-state index is 12.1. The van der Waals surface area contributed by atoms with Crippen molar-refractivity contribution in [3.8, 4) is 5.75 Å². The maximum Gasteiger partial charge on any atom is 0.405 e. The predicted octanol–water partition coefficient (Wildman–Crippen LogP) is 1.24. The molecule has 0 atom stereocenters. The summed E-state index contributed by atoms with van der Waals surface area (Å²) in [6.07, 6.45) is -4.55. The number of rotatable bonds is 5. The number of sulfonamides is 1. The number of hydrogen-bond acceptors (Lipinski definition) is 4.